The highest BCUT2D eigenvalue weighted by Gasteiger charge is 2.26. The van der Waals surface area contributed by atoms with Crippen LogP contribution in [0.2, 0.25) is 0 Å². The molecule has 1 fully saturated rings. The first-order valence-corrected chi connectivity index (χ1v) is 11.6. The van der Waals surface area contributed by atoms with E-state index in [0.717, 1.165) is 25.9 Å². The predicted molar refractivity (Wildman–Crippen MR) is 131 cm³/mol. The zero-order valence-electron chi connectivity index (χ0n) is 20.9. The molecule has 9 heteroatoms. The Morgan fingerprint density at radius 3 is 2.24 bits per heavy atom. The van der Waals surface area contributed by atoms with Gasteiger partial charge in [-0.05, 0) is 59.6 Å². The fourth-order valence-corrected chi connectivity index (χ4v) is 3.92. The summed E-state index contributed by atoms with van der Waals surface area (Å²) in [5, 5.41) is 2.68. The number of rotatable bonds is 6. The van der Waals surface area contributed by atoms with Crippen molar-refractivity contribution in [2.24, 2.45) is 0 Å². The summed E-state index contributed by atoms with van der Waals surface area (Å²) in [7, 11) is 1.82. The molecule has 0 bridgehead atoms. The molecule has 34 heavy (non-hydrogen) atoms. The number of hydrogen-bond acceptors (Lipinski definition) is 7. The first kappa shape index (κ1) is 25.3. The maximum atomic E-state index is 12.7. The Kier molecular flexibility index (Phi) is 7.96. The van der Waals surface area contributed by atoms with Gasteiger partial charge in [-0.2, -0.15) is 9.97 Å². The quantitative estimate of drug-likeness (QED) is 0.684. The molecule has 0 radical (unpaired) electrons. The molecule has 2 amide bonds. The van der Waals surface area contributed by atoms with Crippen LogP contribution in [0.25, 0.3) is 0 Å². The van der Waals surface area contributed by atoms with Crippen LogP contribution in [0.15, 0.2) is 30.3 Å². The van der Waals surface area contributed by atoms with Crippen LogP contribution in [-0.4, -0.2) is 65.3 Å². The van der Waals surface area contributed by atoms with Crippen molar-refractivity contribution in [2.75, 3.05) is 37.0 Å². The van der Waals surface area contributed by atoms with Crippen molar-refractivity contribution in [3.8, 4) is 6.01 Å². The van der Waals surface area contributed by atoms with Crippen molar-refractivity contribution in [3.63, 3.8) is 0 Å². The van der Waals surface area contributed by atoms with Crippen molar-refractivity contribution in [2.45, 2.75) is 59.1 Å². The SMILES string of the molecule is Cc1nc(OCC(=O)N(C)C2CCN(c3ccccc3)CC2)nc(C)c1NC(=O)OC(C)(C)C. The number of hydrogen-bond donors (Lipinski definition) is 1. The molecule has 1 aliphatic heterocycles. The molecule has 0 saturated carbocycles. The van der Waals surface area contributed by atoms with Gasteiger partial charge < -0.3 is 19.3 Å². The first-order valence-electron chi connectivity index (χ1n) is 11.6. The van der Waals surface area contributed by atoms with E-state index in [1.807, 2.05) is 25.2 Å². The van der Waals surface area contributed by atoms with Gasteiger partial charge in [0.2, 0.25) is 0 Å². The summed E-state index contributed by atoms with van der Waals surface area (Å²) in [5.41, 5.74) is 2.13. The third kappa shape index (κ3) is 6.82. The predicted octanol–water partition coefficient (Wildman–Crippen LogP) is 3.95. The molecule has 184 valence electrons. The fraction of sp³-hybridized carbons (Fsp3) is 0.520. The molecule has 0 aliphatic carbocycles. The molecular formula is C25H35N5O4. The molecule has 1 aromatic carbocycles. The number of nitrogens with one attached hydrogen (secondary N) is 1. The maximum Gasteiger partial charge on any atom is 0.412 e. The highest BCUT2D eigenvalue weighted by atomic mass is 16.6. The Morgan fingerprint density at radius 1 is 1.09 bits per heavy atom. The molecule has 1 aliphatic rings. The topological polar surface area (TPSA) is 96.9 Å². The second kappa shape index (κ2) is 10.7. The minimum Gasteiger partial charge on any atom is -0.453 e. The molecule has 1 aromatic heterocycles. The Hall–Kier alpha value is -3.36. The Labute approximate surface area is 201 Å². The number of likely N-dealkylation sites (N-methyl/N-ethyl adjacent to an activating group) is 1. The fourth-order valence-electron chi connectivity index (χ4n) is 3.92. The van der Waals surface area contributed by atoms with Gasteiger partial charge in [-0.15, -0.1) is 0 Å². The molecule has 3 rings (SSSR count). The van der Waals surface area contributed by atoms with E-state index >= 15 is 0 Å². The second-order valence-corrected chi connectivity index (χ2v) is 9.53. The van der Waals surface area contributed by atoms with Gasteiger partial charge in [-0.3, -0.25) is 10.1 Å². The van der Waals surface area contributed by atoms with Crippen molar-refractivity contribution in [1.29, 1.82) is 0 Å². The van der Waals surface area contributed by atoms with Crippen LogP contribution in [0.3, 0.4) is 0 Å². The van der Waals surface area contributed by atoms with Gasteiger partial charge in [0.1, 0.15) is 5.60 Å². The highest BCUT2D eigenvalue weighted by molar-refractivity contribution is 5.86. The van der Waals surface area contributed by atoms with E-state index in [1.54, 1.807) is 39.5 Å². The molecule has 0 unspecified atom stereocenters. The van der Waals surface area contributed by atoms with E-state index < -0.39 is 11.7 Å². The monoisotopic (exact) mass is 469 g/mol. The van der Waals surface area contributed by atoms with Crippen LogP contribution in [0, 0.1) is 13.8 Å². The lowest BCUT2D eigenvalue weighted by atomic mass is 10.0. The van der Waals surface area contributed by atoms with Crippen LogP contribution >= 0.6 is 0 Å². The lowest BCUT2D eigenvalue weighted by Crippen LogP contribution is -2.47. The average molecular weight is 470 g/mol. The van der Waals surface area contributed by atoms with Crippen molar-refractivity contribution in [3.05, 3.63) is 41.7 Å². The van der Waals surface area contributed by atoms with E-state index in [9.17, 15) is 9.59 Å². The number of para-hydroxylation sites is 1. The molecule has 1 N–H and O–H groups in total. The number of anilines is 2. The number of benzene rings is 1. The summed E-state index contributed by atoms with van der Waals surface area (Å²) in [6, 6.07) is 10.6. The molecule has 9 nitrogen and oxygen atoms in total. The number of nitrogens with zero attached hydrogens (tertiary/aromatic N) is 4. The largest absolute Gasteiger partial charge is 0.453 e. The lowest BCUT2D eigenvalue weighted by Gasteiger charge is -2.37. The van der Waals surface area contributed by atoms with Crippen LogP contribution in [0.4, 0.5) is 16.2 Å². The number of aromatic nitrogens is 2. The van der Waals surface area contributed by atoms with E-state index in [1.165, 1.54) is 5.69 Å². The van der Waals surface area contributed by atoms with Gasteiger partial charge >= 0.3 is 12.1 Å². The number of piperidine rings is 1. The second-order valence-electron chi connectivity index (χ2n) is 9.53. The summed E-state index contributed by atoms with van der Waals surface area (Å²) in [6.07, 6.45) is 1.22. The molecular weight excluding hydrogens is 434 g/mol. The summed E-state index contributed by atoms with van der Waals surface area (Å²) in [4.78, 5) is 37.5. The van der Waals surface area contributed by atoms with Gasteiger partial charge in [0.05, 0.1) is 17.1 Å². The standard InChI is InChI=1S/C25H35N5O4/c1-17-22(28-24(32)34-25(3,4)5)18(2)27-23(26-17)33-16-21(31)29(6)19-12-14-30(15-13-19)20-10-8-7-9-11-20/h7-11,19H,12-16H2,1-6H3,(H,28,32). The third-order valence-corrected chi connectivity index (χ3v) is 5.73. The van der Waals surface area contributed by atoms with E-state index in [4.69, 9.17) is 9.47 Å². The van der Waals surface area contributed by atoms with E-state index in [-0.39, 0.29) is 24.6 Å². The molecule has 1 saturated heterocycles. The van der Waals surface area contributed by atoms with Crippen molar-refractivity contribution >= 4 is 23.4 Å². The van der Waals surface area contributed by atoms with Gasteiger partial charge in [0.15, 0.2) is 6.61 Å². The van der Waals surface area contributed by atoms with Gasteiger partial charge in [0, 0.05) is 31.9 Å². The van der Waals surface area contributed by atoms with Crippen LogP contribution < -0.4 is 15.0 Å². The number of aryl methyl sites for hydroxylation is 2. The summed E-state index contributed by atoms with van der Waals surface area (Å²) < 4.78 is 10.9. The Balaban J connectivity index is 1.52. The van der Waals surface area contributed by atoms with E-state index in [0.29, 0.717) is 17.1 Å². The number of amides is 2. The Morgan fingerprint density at radius 2 is 1.68 bits per heavy atom. The van der Waals surface area contributed by atoms with Crippen molar-refractivity contribution in [1.82, 2.24) is 14.9 Å². The van der Waals surface area contributed by atoms with Crippen molar-refractivity contribution < 1.29 is 19.1 Å². The maximum absolute atomic E-state index is 12.7. The van der Waals surface area contributed by atoms with Gasteiger partial charge in [0.25, 0.3) is 5.91 Å². The minimum absolute atomic E-state index is 0.102. The molecule has 2 aromatic rings. The zero-order valence-corrected chi connectivity index (χ0v) is 20.9. The Bertz CT molecular complexity index is 975. The lowest BCUT2D eigenvalue weighted by molar-refractivity contribution is -0.134. The number of carbonyl (C=O) groups excluding carboxylic acids is 2. The van der Waals surface area contributed by atoms with Crippen LogP contribution in [0.5, 0.6) is 6.01 Å². The number of ether oxygens (including phenoxy) is 2. The minimum atomic E-state index is -0.611. The van der Waals surface area contributed by atoms with Gasteiger partial charge in [-0.25, -0.2) is 4.79 Å². The van der Waals surface area contributed by atoms with E-state index in [2.05, 4.69) is 32.3 Å². The summed E-state index contributed by atoms with van der Waals surface area (Å²) >= 11 is 0. The average Bonchev–Trinajstić information content (AvgIpc) is 2.79. The normalized spacial score (nSPS) is 14.5. The highest BCUT2D eigenvalue weighted by Crippen LogP contribution is 2.23. The first-order chi connectivity index (χ1) is 16.0. The zero-order chi connectivity index (χ0) is 24.9. The van der Waals surface area contributed by atoms with Crippen LogP contribution in [0.1, 0.15) is 45.0 Å². The molecule has 0 spiro atoms. The third-order valence-electron chi connectivity index (χ3n) is 5.73. The van der Waals surface area contributed by atoms with Crippen LogP contribution in [-0.2, 0) is 9.53 Å². The number of carbonyl (C=O) groups is 2. The summed E-state index contributed by atoms with van der Waals surface area (Å²) in [6.45, 7) is 10.5. The summed E-state index contributed by atoms with van der Waals surface area (Å²) in [5.74, 6) is -0.118. The smallest absolute Gasteiger partial charge is 0.412 e. The molecule has 0 atom stereocenters. The van der Waals surface area contributed by atoms with Gasteiger partial charge in [-0.1, -0.05) is 18.2 Å². The molecule has 2 heterocycles.